The van der Waals surface area contributed by atoms with E-state index >= 15 is 0 Å². The molecule has 5 nitrogen and oxygen atoms in total. The third kappa shape index (κ3) is 5.95. The molecule has 0 aliphatic heterocycles. The van der Waals surface area contributed by atoms with Gasteiger partial charge in [-0.1, -0.05) is 37.3 Å². The van der Waals surface area contributed by atoms with Crippen LogP contribution < -0.4 is 10.1 Å². The van der Waals surface area contributed by atoms with Crippen LogP contribution in [-0.4, -0.2) is 25.1 Å². The highest BCUT2D eigenvalue weighted by Crippen LogP contribution is 2.15. The van der Waals surface area contributed by atoms with E-state index in [0.29, 0.717) is 6.61 Å². The predicted octanol–water partition coefficient (Wildman–Crippen LogP) is 3.37. The van der Waals surface area contributed by atoms with Gasteiger partial charge >= 0.3 is 5.97 Å². The first kappa shape index (κ1) is 18.5. The molecule has 0 fully saturated rings. The van der Waals surface area contributed by atoms with E-state index in [9.17, 15) is 9.59 Å². The summed E-state index contributed by atoms with van der Waals surface area (Å²) in [5, 5.41) is 2.77. The molecule has 0 aliphatic rings. The number of carbonyl (C=O) groups excluding carboxylic acids is 2. The second-order valence-corrected chi connectivity index (χ2v) is 5.47. The molecular weight excluding hydrogens is 318 g/mol. The number of aryl methyl sites for hydroxylation is 1. The number of nitrogens with one attached hydrogen (secondary N) is 1. The average Bonchev–Trinajstić information content (AvgIpc) is 2.62. The summed E-state index contributed by atoms with van der Waals surface area (Å²) < 4.78 is 10.4. The molecule has 1 amide bonds. The molecule has 2 aromatic rings. The van der Waals surface area contributed by atoms with Crippen LogP contribution in [0.15, 0.2) is 48.5 Å². The van der Waals surface area contributed by atoms with Gasteiger partial charge in [0.05, 0.1) is 13.0 Å². The Morgan fingerprint density at radius 1 is 1.00 bits per heavy atom. The highest BCUT2D eigenvalue weighted by Gasteiger charge is 2.10. The van der Waals surface area contributed by atoms with Crippen LogP contribution in [0.5, 0.6) is 5.75 Å². The Morgan fingerprint density at radius 3 is 2.40 bits per heavy atom. The van der Waals surface area contributed by atoms with E-state index in [1.165, 1.54) is 0 Å². The fourth-order valence-electron chi connectivity index (χ4n) is 2.37. The maximum atomic E-state index is 11.9. The van der Waals surface area contributed by atoms with Crippen LogP contribution in [0, 0.1) is 0 Å². The molecule has 5 heteroatoms. The van der Waals surface area contributed by atoms with Crippen molar-refractivity contribution in [3.8, 4) is 5.75 Å². The van der Waals surface area contributed by atoms with Crippen LogP contribution in [-0.2, 0) is 27.2 Å². The van der Waals surface area contributed by atoms with Gasteiger partial charge < -0.3 is 14.8 Å². The van der Waals surface area contributed by atoms with E-state index in [4.69, 9.17) is 9.47 Å². The van der Waals surface area contributed by atoms with Crippen LogP contribution in [0.2, 0.25) is 0 Å². The number of para-hydroxylation sites is 1. The Morgan fingerprint density at radius 2 is 1.72 bits per heavy atom. The molecule has 0 radical (unpaired) electrons. The van der Waals surface area contributed by atoms with E-state index in [1.807, 2.05) is 50.2 Å². The van der Waals surface area contributed by atoms with Crippen molar-refractivity contribution in [1.29, 1.82) is 0 Å². The van der Waals surface area contributed by atoms with Gasteiger partial charge in [0.25, 0.3) is 5.91 Å². The zero-order chi connectivity index (χ0) is 18.1. The number of rotatable bonds is 8. The van der Waals surface area contributed by atoms with Crippen LogP contribution >= 0.6 is 0 Å². The topological polar surface area (TPSA) is 64.6 Å². The Kier molecular flexibility index (Phi) is 7.01. The molecule has 0 saturated carbocycles. The smallest absolute Gasteiger partial charge is 0.310 e. The van der Waals surface area contributed by atoms with Crippen molar-refractivity contribution >= 4 is 17.6 Å². The molecule has 0 saturated heterocycles. The minimum absolute atomic E-state index is 0.116. The molecule has 2 rings (SSSR count). The lowest BCUT2D eigenvalue weighted by Crippen LogP contribution is -2.22. The normalized spacial score (nSPS) is 10.2. The Balaban J connectivity index is 1.80. The molecule has 132 valence electrons. The largest absolute Gasteiger partial charge is 0.494 e. The van der Waals surface area contributed by atoms with Crippen LogP contribution in [0.25, 0.3) is 0 Å². The summed E-state index contributed by atoms with van der Waals surface area (Å²) in [7, 11) is 0. The van der Waals surface area contributed by atoms with Gasteiger partial charge in [-0.3, -0.25) is 9.59 Å². The molecule has 0 heterocycles. The van der Waals surface area contributed by atoms with Gasteiger partial charge in [0.1, 0.15) is 5.75 Å². The molecule has 0 aliphatic carbocycles. The summed E-state index contributed by atoms with van der Waals surface area (Å²) in [5.41, 5.74) is 2.60. The third-order valence-electron chi connectivity index (χ3n) is 3.62. The van der Waals surface area contributed by atoms with Gasteiger partial charge in [-0.2, -0.15) is 0 Å². The highest BCUT2D eigenvalue weighted by atomic mass is 16.5. The van der Waals surface area contributed by atoms with Gasteiger partial charge in [0, 0.05) is 5.69 Å². The number of ether oxygens (including phenoxy) is 2. The molecule has 0 unspecified atom stereocenters. The Labute approximate surface area is 148 Å². The Bertz CT molecular complexity index is 710. The minimum atomic E-state index is -0.442. The second-order valence-electron chi connectivity index (χ2n) is 5.47. The van der Waals surface area contributed by atoms with Crippen molar-refractivity contribution < 1.29 is 19.1 Å². The zero-order valence-corrected chi connectivity index (χ0v) is 14.6. The highest BCUT2D eigenvalue weighted by molar-refractivity contribution is 5.93. The van der Waals surface area contributed by atoms with Crippen molar-refractivity contribution in [2.45, 2.75) is 26.7 Å². The van der Waals surface area contributed by atoms with E-state index in [0.717, 1.165) is 29.0 Å². The maximum absolute atomic E-state index is 11.9. The van der Waals surface area contributed by atoms with Gasteiger partial charge in [-0.15, -0.1) is 0 Å². The summed E-state index contributed by atoms with van der Waals surface area (Å²) >= 11 is 0. The monoisotopic (exact) mass is 341 g/mol. The number of hydrogen-bond acceptors (Lipinski definition) is 4. The molecule has 25 heavy (non-hydrogen) atoms. The van der Waals surface area contributed by atoms with E-state index in [2.05, 4.69) is 5.32 Å². The van der Waals surface area contributed by atoms with Crippen molar-refractivity contribution in [2.24, 2.45) is 0 Å². The molecule has 0 bridgehead atoms. The fourth-order valence-corrected chi connectivity index (χ4v) is 2.37. The number of amides is 1. The fraction of sp³-hybridized carbons (Fsp3) is 0.300. The predicted molar refractivity (Wildman–Crippen MR) is 96.7 cm³/mol. The van der Waals surface area contributed by atoms with Crippen LogP contribution in [0.3, 0.4) is 0 Å². The quantitative estimate of drug-likeness (QED) is 0.748. The van der Waals surface area contributed by atoms with E-state index < -0.39 is 5.97 Å². The summed E-state index contributed by atoms with van der Waals surface area (Å²) in [5.74, 6) is -0.0300. The lowest BCUT2D eigenvalue weighted by atomic mass is 10.1. The molecule has 0 aromatic heterocycles. The molecule has 2 aromatic carbocycles. The molecule has 0 spiro atoms. The van der Waals surface area contributed by atoms with Crippen LogP contribution in [0.1, 0.15) is 25.0 Å². The first-order valence-electron chi connectivity index (χ1n) is 8.37. The molecule has 1 N–H and O–H groups in total. The van der Waals surface area contributed by atoms with Crippen molar-refractivity contribution in [1.82, 2.24) is 0 Å². The van der Waals surface area contributed by atoms with Gasteiger partial charge in [-0.05, 0) is 42.7 Å². The lowest BCUT2D eigenvalue weighted by Gasteiger charge is -2.10. The summed E-state index contributed by atoms with van der Waals surface area (Å²) in [6.07, 6.45) is 0.930. The standard InChI is InChI=1S/C20H23NO4/c1-3-16-7-5-6-8-18(16)21-19(22)14-25-20(23)13-15-9-11-17(12-10-15)24-4-2/h5-12H,3-4,13-14H2,1-2H3,(H,21,22). The van der Waals surface area contributed by atoms with Crippen LogP contribution in [0.4, 0.5) is 5.69 Å². The molecular formula is C20H23NO4. The van der Waals surface area contributed by atoms with E-state index in [1.54, 1.807) is 12.1 Å². The number of carbonyl (C=O) groups is 2. The summed E-state index contributed by atoms with van der Waals surface area (Å²) in [4.78, 5) is 23.8. The minimum Gasteiger partial charge on any atom is -0.494 e. The van der Waals surface area contributed by atoms with Crippen molar-refractivity contribution in [3.05, 3.63) is 59.7 Å². The SMILES string of the molecule is CCOc1ccc(CC(=O)OCC(=O)Nc2ccccc2CC)cc1. The lowest BCUT2D eigenvalue weighted by molar-refractivity contribution is -0.146. The van der Waals surface area contributed by atoms with Crippen molar-refractivity contribution in [2.75, 3.05) is 18.5 Å². The maximum Gasteiger partial charge on any atom is 0.310 e. The van der Waals surface area contributed by atoms with Crippen molar-refractivity contribution in [3.63, 3.8) is 0 Å². The number of benzene rings is 2. The number of hydrogen-bond donors (Lipinski definition) is 1. The third-order valence-corrected chi connectivity index (χ3v) is 3.62. The first-order chi connectivity index (χ1) is 12.1. The number of anilines is 1. The molecule has 0 atom stereocenters. The summed E-state index contributed by atoms with van der Waals surface area (Å²) in [6, 6.07) is 14.8. The zero-order valence-electron chi connectivity index (χ0n) is 14.6. The Hall–Kier alpha value is -2.82. The average molecular weight is 341 g/mol. The van der Waals surface area contributed by atoms with Gasteiger partial charge in [-0.25, -0.2) is 0 Å². The van der Waals surface area contributed by atoms with E-state index in [-0.39, 0.29) is 18.9 Å². The van der Waals surface area contributed by atoms with Gasteiger partial charge in [0.15, 0.2) is 6.61 Å². The first-order valence-corrected chi connectivity index (χ1v) is 8.37. The number of esters is 1. The van der Waals surface area contributed by atoms with Gasteiger partial charge in [0.2, 0.25) is 0 Å². The second kappa shape index (κ2) is 9.47. The summed E-state index contributed by atoms with van der Waals surface area (Å²) in [6.45, 7) is 4.22.